The number of hydrogen-bond acceptors (Lipinski definition) is 1. The third kappa shape index (κ3) is 2.49. The summed E-state index contributed by atoms with van der Waals surface area (Å²) in [6, 6.07) is 6.04. The fourth-order valence-corrected chi connectivity index (χ4v) is 1.73. The quantitative estimate of drug-likeness (QED) is 0.772. The Morgan fingerprint density at radius 1 is 1.42 bits per heavy atom. The van der Waals surface area contributed by atoms with Gasteiger partial charge in [-0.1, -0.05) is 37.9 Å². The van der Waals surface area contributed by atoms with Crippen molar-refractivity contribution in [3.05, 3.63) is 28.2 Å². The van der Waals surface area contributed by atoms with Crippen LogP contribution in [0.2, 0.25) is 0 Å². The summed E-state index contributed by atoms with van der Waals surface area (Å²) in [5.41, 5.74) is 1.18. The second kappa shape index (κ2) is 4.87. The van der Waals surface area contributed by atoms with E-state index in [1.54, 1.807) is 0 Å². The predicted octanol–water partition coefficient (Wildman–Crippen LogP) is 3.74. The van der Waals surface area contributed by atoms with Gasteiger partial charge in [-0.3, -0.25) is 0 Å². The molecule has 1 aromatic rings. The van der Waals surface area contributed by atoms with E-state index in [1.165, 1.54) is 5.56 Å². The highest BCUT2D eigenvalue weighted by Gasteiger charge is 2.01. The first-order valence-electron chi connectivity index (χ1n) is 3.75. The number of hydrogen-bond donors (Lipinski definition) is 0. The van der Waals surface area contributed by atoms with Crippen LogP contribution in [0.15, 0.2) is 22.7 Å². The van der Waals surface area contributed by atoms with E-state index >= 15 is 0 Å². The summed E-state index contributed by atoms with van der Waals surface area (Å²) >= 11 is 6.81. The average molecular weight is 294 g/mol. The molecule has 0 radical (unpaired) electrons. The molecule has 0 heterocycles. The van der Waals surface area contributed by atoms with Crippen molar-refractivity contribution in [3.8, 4) is 5.75 Å². The minimum atomic E-state index is 0.705. The van der Waals surface area contributed by atoms with Gasteiger partial charge in [0.25, 0.3) is 0 Å². The first-order valence-corrected chi connectivity index (χ1v) is 5.66. The molecule has 0 bridgehead atoms. The Kier molecular flexibility index (Phi) is 4.09. The van der Waals surface area contributed by atoms with Crippen LogP contribution in [0.3, 0.4) is 0 Å². The predicted molar refractivity (Wildman–Crippen MR) is 57.9 cm³/mol. The molecule has 0 fully saturated rings. The summed E-state index contributed by atoms with van der Waals surface area (Å²) < 4.78 is 6.50. The van der Waals surface area contributed by atoms with Gasteiger partial charge in [-0.2, -0.15) is 0 Å². The van der Waals surface area contributed by atoms with Gasteiger partial charge in [0, 0.05) is 15.4 Å². The summed E-state index contributed by atoms with van der Waals surface area (Å²) in [7, 11) is 0. The highest BCUT2D eigenvalue weighted by atomic mass is 79.9. The summed E-state index contributed by atoms with van der Waals surface area (Å²) in [5, 5.41) is 0.829. The van der Waals surface area contributed by atoms with Crippen LogP contribution in [0.25, 0.3) is 0 Å². The Bertz CT molecular complexity index is 261. The van der Waals surface area contributed by atoms with Crippen LogP contribution in [-0.4, -0.2) is 6.61 Å². The lowest BCUT2D eigenvalue weighted by molar-refractivity contribution is 0.337. The zero-order valence-corrected chi connectivity index (χ0v) is 9.98. The number of ether oxygens (including phenoxy) is 1. The van der Waals surface area contributed by atoms with Crippen molar-refractivity contribution < 1.29 is 4.74 Å². The number of alkyl halides is 1. The van der Waals surface area contributed by atoms with E-state index in [4.69, 9.17) is 4.74 Å². The highest BCUT2D eigenvalue weighted by Crippen LogP contribution is 2.25. The van der Waals surface area contributed by atoms with Crippen LogP contribution in [0.5, 0.6) is 5.75 Å². The molecule has 0 aliphatic carbocycles. The third-order valence-corrected chi connectivity index (χ3v) is 2.57. The second-order valence-electron chi connectivity index (χ2n) is 2.32. The van der Waals surface area contributed by atoms with Gasteiger partial charge < -0.3 is 4.74 Å². The van der Waals surface area contributed by atoms with Gasteiger partial charge in [-0.05, 0) is 19.1 Å². The van der Waals surface area contributed by atoms with Crippen molar-refractivity contribution in [1.82, 2.24) is 0 Å². The molecule has 1 rings (SSSR count). The molecule has 0 unspecified atom stereocenters. The summed E-state index contributed by atoms with van der Waals surface area (Å²) in [5.74, 6) is 0.948. The maximum absolute atomic E-state index is 5.45. The Hall–Kier alpha value is -0.0200. The summed E-state index contributed by atoms with van der Waals surface area (Å²) in [6.45, 7) is 2.69. The topological polar surface area (TPSA) is 9.23 Å². The fraction of sp³-hybridized carbons (Fsp3) is 0.333. The summed E-state index contributed by atoms with van der Waals surface area (Å²) in [6.07, 6.45) is 0. The van der Waals surface area contributed by atoms with Gasteiger partial charge >= 0.3 is 0 Å². The van der Waals surface area contributed by atoms with Gasteiger partial charge in [-0.15, -0.1) is 0 Å². The van der Waals surface area contributed by atoms with Crippen molar-refractivity contribution in [3.63, 3.8) is 0 Å². The van der Waals surface area contributed by atoms with Crippen LogP contribution in [0.4, 0.5) is 0 Å². The normalized spacial score (nSPS) is 9.92. The van der Waals surface area contributed by atoms with Crippen molar-refractivity contribution >= 4 is 31.9 Å². The largest absolute Gasteiger partial charge is 0.494 e. The van der Waals surface area contributed by atoms with Gasteiger partial charge in [0.15, 0.2) is 0 Å². The molecular formula is C9H10Br2O. The molecule has 66 valence electrons. The highest BCUT2D eigenvalue weighted by molar-refractivity contribution is 9.10. The Morgan fingerprint density at radius 2 is 2.17 bits per heavy atom. The zero-order valence-electron chi connectivity index (χ0n) is 6.81. The maximum Gasteiger partial charge on any atom is 0.124 e. The van der Waals surface area contributed by atoms with Crippen molar-refractivity contribution in [2.45, 2.75) is 12.3 Å². The maximum atomic E-state index is 5.45. The van der Waals surface area contributed by atoms with Gasteiger partial charge in [0.1, 0.15) is 5.75 Å². The van der Waals surface area contributed by atoms with Gasteiger partial charge in [0.2, 0.25) is 0 Å². The van der Waals surface area contributed by atoms with Gasteiger partial charge in [-0.25, -0.2) is 0 Å². The Morgan fingerprint density at radius 3 is 2.75 bits per heavy atom. The van der Waals surface area contributed by atoms with Crippen molar-refractivity contribution in [2.24, 2.45) is 0 Å². The van der Waals surface area contributed by atoms with E-state index in [0.29, 0.717) is 6.61 Å². The lowest BCUT2D eigenvalue weighted by Crippen LogP contribution is -1.94. The van der Waals surface area contributed by atoms with Crippen molar-refractivity contribution in [2.75, 3.05) is 6.61 Å². The molecule has 0 saturated carbocycles. The zero-order chi connectivity index (χ0) is 8.97. The molecule has 1 nitrogen and oxygen atoms in total. The Labute approximate surface area is 89.4 Å². The van der Waals surface area contributed by atoms with Crippen LogP contribution in [-0.2, 0) is 5.33 Å². The molecule has 0 aliphatic heterocycles. The van der Waals surface area contributed by atoms with E-state index in [1.807, 2.05) is 25.1 Å². The number of benzene rings is 1. The summed E-state index contributed by atoms with van der Waals surface area (Å²) in [4.78, 5) is 0. The lowest BCUT2D eigenvalue weighted by Gasteiger charge is -2.07. The monoisotopic (exact) mass is 292 g/mol. The average Bonchev–Trinajstić information content (AvgIpc) is 2.05. The Balaban J connectivity index is 2.95. The van der Waals surface area contributed by atoms with Crippen LogP contribution >= 0.6 is 31.9 Å². The molecule has 1 aromatic carbocycles. The molecule has 0 saturated heterocycles. The molecule has 0 N–H and O–H groups in total. The van der Waals surface area contributed by atoms with Crippen LogP contribution in [0, 0.1) is 0 Å². The first-order chi connectivity index (χ1) is 5.77. The SMILES string of the molecule is CCOc1cc(Br)ccc1CBr. The van der Waals surface area contributed by atoms with E-state index < -0.39 is 0 Å². The first kappa shape index (κ1) is 10.1. The number of rotatable bonds is 3. The fourth-order valence-electron chi connectivity index (χ4n) is 0.929. The van der Waals surface area contributed by atoms with E-state index in [0.717, 1.165) is 15.6 Å². The molecule has 12 heavy (non-hydrogen) atoms. The van der Waals surface area contributed by atoms with E-state index in [2.05, 4.69) is 31.9 Å². The van der Waals surface area contributed by atoms with E-state index in [9.17, 15) is 0 Å². The standard InChI is InChI=1S/C9H10Br2O/c1-2-12-9-5-8(11)4-3-7(9)6-10/h3-5H,2,6H2,1H3. The minimum absolute atomic E-state index is 0.705. The van der Waals surface area contributed by atoms with Crippen LogP contribution < -0.4 is 4.74 Å². The van der Waals surface area contributed by atoms with Crippen molar-refractivity contribution in [1.29, 1.82) is 0 Å². The molecule has 0 amide bonds. The second-order valence-corrected chi connectivity index (χ2v) is 3.80. The molecule has 0 spiro atoms. The molecule has 3 heteroatoms. The third-order valence-electron chi connectivity index (χ3n) is 1.47. The van der Waals surface area contributed by atoms with E-state index in [-0.39, 0.29) is 0 Å². The minimum Gasteiger partial charge on any atom is -0.494 e. The molecular weight excluding hydrogens is 284 g/mol. The smallest absolute Gasteiger partial charge is 0.124 e. The molecule has 0 aliphatic rings. The molecule has 0 atom stereocenters. The van der Waals surface area contributed by atoms with Gasteiger partial charge in [0.05, 0.1) is 6.61 Å². The lowest BCUT2D eigenvalue weighted by atomic mass is 10.2. The van der Waals surface area contributed by atoms with Crippen LogP contribution in [0.1, 0.15) is 12.5 Å². The molecule has 0 aromatic heterocycles. The number of halogens is 2.